The van der Waals surface area contributed by atoms with Gasteiger partial charge in [0.15, 0.2) is 5.82 Å². The van der Waals surface area contributed by atoms with Crippen molar-refractivity contribution in [1.82, 2.24) is 14.3 Å². The van der Waals surface area contributed by atoms with E-state index in [9.17, 15) is 4.79 Å². The molecule has 0 fully saturated rings. The number of nitrogens with zero attached hydrogens (tertiary/aromatic N) is 3. The van der Waals surface area contributed by atoms with Gasteiger partial charge in [0.2, 0.25) is 5.91 Å². The van der Waals surface area contributed by atoms with Gasteiger partial charge in [0.1, 0.15) is 0 Å². The van der Waals surface area contributed by atoms with Crippen LogP contribution >= 0.6 is 0 Å². The van der Waals surface area contributed by atoms with Crippen LogP contribution in [0.1, 0.15) is 5.56 Å². The first-order valence-electron chi connectivity index (χ1n) is 6.46. The molecule has 0 saturated heterocycles. The Morgan fingerprint density at radius 2 is 2.05 bits per heavy atom. The first-order chi connectivity index (χ1) is 9.63. The molecule has 0 atom stereocenters. The first-order valence-corrected chi connectivity index (χ1v) is 6.46. The van der Waals surface area contributed by atoms with Crippen molar-refractivity contribution >= 4 is 22.6 Å². The Hall–Kier alpha value is -2.56. The summed E-state index contributed by atoms with van der Waals surface area (Å²) in [6.45, 7) is 0. The number of fused-ring (bicyclic) bond motifs is 1. The molecule has 102 valence electrons. The number of aromatic nitrogens is 3. The minimum absolute atomic E-state index is 0.0555. The van der Waals surface area contributed by atoms with Gasteiger partial charge in [-0.25, -0.2) is 0 Å². The summed E-state index contributed by atoms with van der Waals surface area (Å²) in [6.07, 6.45) is 4.15. The van der Waals surface area contributed by atoms with E-state index >= 15 is 0 Å². The molecule has 0 aliphatic rings. The van der Waals surface area contributed by atoms with E-state index in [4.69, 9.17) is 0 Å². The SMILES string of the molecule is Cn1ccc(NC(=O)Cc2cn(C)c3ccccc23)n1. The molecule has 0 aliphatic heterocycles. The number of hydrogen-bond donors (Lipinski definition) is 1. The molecular weight excluding hydrogens is 252 g/mol. The molecule has 0 spiro atoms. The van der Waals surface area contributed by atoms with Gasteiger partial charge in [-0.15, -0.1) is 0 Å². The predicted molar refractivity (Wildman–Crippen MR) is 78.5 cm³/mol. The van der Waals surface area contributed by atoms with Crippen LogP contribution in [0.3, 0.4) is 0 Å². The molecule has 0 bridgehead atoms. The highest BCUT2D eigenvalue weighted by Gasteiger charge is 2.11. The van der Waals surface area contributed by atoms with Gasteiger partial charge in [0.05, 0.1) is 6.42 Å². The molecule has 2 aromatic heterocycles. The fourth-order valence-corrected chi connectivity index (χ4v) is 2.41. The Morgan fingerprint density at radius 3 is 2.80 bits per heavy atom. The molecule has 2 heterocycles. The van der Waals surface area contributed by atoms with Crippen LogP contribution in [0.2, 0.25) is 0 Å². The number of para-hydroxylation sites is 1. The van der Waals surface area contributed by atoms with E-state index in [1.54, 1.807) is 16.9 Å². The van der Waals surface area contributed by atoms with E-state index < -0.39 is 0 Å². The highest BCUT2D eigenvalue weighted by atomic mass is 16.1. The number of hydrogen-bond acceptors (Lipinski definition) is 2. The van der Waals surface area contributed by atoms with Crippen LogP contribution in [0.15, 0.2) is 42.7 Å². The maximum atomic E-state index is 12.1. The molecule has 5 heteroatoms. The van der Waals surface area contributed by atoms with Crippen molar-refractivity contribution in [3.8, 4) is 0 Å². The molecule has 3 rings (SSSR count). The fourth-order valence-electron chi connectivity index (χ4n) is 2.41. The summed E-state index contributed by atoms with van der Waals surface area (Å²) < 4.78 is 3.70. The lowest BCUT2D eigenvalue weighted by Gasteiger charge is -2.01. The van der Waals surface area contributed by atoms with E-state index in [1.807, 2.05) is 43.1 Å². The highest BCUT2D eigenvalue weighted by Crippen LogP contribution is 2.20. The lowest BCUT2D eigenvalue weighted by atomic mass is 10.1. The van der Waals surface area contributed by atoms with Gasteiger partial charge in [-0.1, -0.05) is 18.2 Å². The van der Waals surface area contributed by atoms with E-state index in [1.165, 1.54) is 0 Å². The van der Waals surface area contributed by atoms with Crippen LogP contribution in [-0.2, 0) is 25.3 Å². The van der Waals surface area contributed by atoms with Crippen molar-refractivity contribution in [2.45, 2.75) is 6.42 Å². The average molecular weight is 268 g/mol. The second-order valence-electron chi connectivity index (χ2n) is 4.88. The summed E-state index contributed by atoms with van der Waals surface area (Å²) in [6, 6.07) is 9.86. The average Bonchev–Trinajstić information content (AvgIpc) is 2.95. The number of nitrogens with one attached hydrogen (secondary N) is 1. The third-order valence-electron chi connectivity index (χ3n) is 3.31. The zero-order valence-electron chi connectivity index (χ0n) is 11.5. The molecule has 1 N–H and O–H groups in total. The minimum Gasteiger partial charge on any atom is -0.350 e. The van der Waals surface area contributed by atoms with Gasteiger partial charge in [-0.2, -0.15) is 5.10 Å². The summed E-state index contributed by atoms with van der Waals surface area (Å²) in [5.74, 6) is 0.526. The Balaban J connectivity index is 1.81. The molecule has 0 unspecified atom stereocenters. The Morgan fingerprint density at radius 1 is 1.25 bits per heavy atom. The maximum absolute atomic E-state index is 12.1. The van der Waals surface area contributed by atoms with Crippen molar-refractivity contribution in [2.24, 2.45) is 14.1 Å². The lowest BCUT2D eigenvalue weighted by Crippen LogP contribution is -2.14. The number of amides is 1. The van der Waals surface area contributed by atoms with E-state index in [-0.39, 0.29) is 5.91 Å². The number of benzene rings is 1. The molecule has 1 amide bonds. The van der Waals surface area contributed by atoms with Gasteiger partial charge in [0.25, 0.3) is 0 Å². The topological polar surface area (TPSA) is 51.9 Å². The van der Waals surface area contributed by atoms with Crippen LogP contribution in [0.5, 0.6) is 0 Å². The van der Waals surface area contributed by atoms with Crippen LogP contribution in [0.4, 0.5) is 5.82 Å². The zero-order chi connectivity index (χ0) is 14.1. The van der Waals surface area contributed by atoms with Crippen LogP contribution in [0.25, 0.3) is 10.9 Å². The van der Waals surface area contributed by atoms with Crippen LogP contribution in [-0.4, -0.2) is 20.3 Å². The molecule has 0 radical (unpaired) electrons. The van der Waals surface area contributed by atoms with Gasteiger partial charge in [-0.05, 0) is 11.6 Å². The monoisotopic (exact) mass is 268 g/mol. The molecule has 3 aromatic rings. The summed E-state index contributed by atoms with van der Waals surface area (Å²) >= 11 is 0. The van der Waals surface area contributed by atoms with Crippen molar-refractivity contribution in [3.05, 3.63) is 48.3 Å². The molecule has 0 aliphatic carbocycles. The van der Waals surface area contributed by atoms with E-state index in [0.717, 1.165) is 16.5 Å². The van der Waals surface area contributed by atoms with Gasteiger partial charge >= 0.3 is 0 Å². The number of carbonyl (C=O) groups is 1. The third-order valence-corrected chi connectivity index (χ3v) is 3.31. The quantitative estimate of drug-likeness (QED) is 0.790. The largest absolute Gasteiger partial charge is 0.350 e. The van der Waals surface area contributed by atoms with Gasteiger partial charge < -0.3 is 9.88 Å². The summed E-state index contributed by atoms with van der Waals surface area (Å²) in [7, 11) is 3.81. The second-order valence-corrected chi connectivity index (χ2v) is 4.88. The molecule has 5 nitrogen and oxygen atoms in total. The zero-order valence-corrected chi connectivity index (χ0v) is 11.5. The van der Waals surface area contributed by atoms with E-state index in [0.29, 0.717) is 12.2 Å². The summed E-state index contributed by atoms with van der Waals surface area (Å²) in [4.78, 5) is 12.1. The first kappa shape index (κ1) is 12.5. The van der Waals surface area contributed by atoms with Crippen molar-refractivity contribution in [1.29, 1.82) is 0 Å². The molecule has 1 aromatic carbocycles. The Labute approximate surface area is 116 Å². The number of carbonyl (C=O) groups excluding carboxylic acids is 1. The van der Waals surface area contributed by atoms with Gasteiger partial charge in [0, 0.05) is 43.5 Å². The second kappa shape index (κ2) is 4.85. The number of rotatable bonds is 3. The van der Waals surface area contributed by atoms with Crippen molar-refractivity contribution < 1.29 is 4.79 Å². The Bertz CT molecular complexity index is 769. The van der Waals surface area contributed by atoms with Crippen molar-refractivity contribution in [3.63, 3.8) is 0 Å². The predicted octanol–water partition coefficient (Wildman–Crippen LogP) is 2.09. The van der Waals surface area contributed by atoms with Crippen LogP contribution in [0, 0.1) is 0 Å². The Kier molecular flexibility index (Phi) is 3.02. The molecule has 0 saturated carbocycles. The van der Waals surface area contributed by atoms with Gasteiger partial charge in [-0.3, -0.25) is 9.48 Å². The maximum Gasteiger partial charge on any atom is 0.230 e. The smallest absolute Gasteiger partial charge is 0.230 e. The normalized spacial score (nSPS) is 10.9. The highest BCUT2D eigenvalue weighted by molar-refractivity contribution is 5.95. The summed E-state index contributed by atoms with van der Waals surface area (Å²) in [5.41, 5.74) is 2.16. The molecule has 20 heavy (non-hydrogen) atoms. The molecular formula is C15H16N4O. The standard InChI is InChI=1S/C15H16N4O/c1-18-10-11(12-5-3-4-6-13(12)18)9-15(20)16-14-7-8-19(2)17-14/h3-8,10H,9H2,1-2H3,(H,16,17,20). The van der Waals surface area contributed by atoms with E-state index in [2.05, 4.69) is 16.5 Å². The lowest BCUT2D eigenvalue weighted by molar-refractivity contribution is -0.115. The van der Waals surface area contributed by atoms with Crippen LogP contribution < -0.4 is 5.32 Å². The number of anilines is 1. The minimum atomic E-state index is -0.0555. The summed E-state index contributed by atoms with van der Waals surface area (Å²) in [5, 5.41) is 8.06. The number of aryl methyl sites for hydroxylation is 2. The fraction of sp³-hybridized carbons (Fsp3) is 0.200. The third kappa shape index (κ3) is 2.30. The van der Waals surface area contributed by atoms with Crippen molar-refractivity contribution in [2.75, 3.05) is 5.32 Å².